The van der Waals surface area contributed by atoms with Crippen LogP contribution in [0.5, 0.6) is 5.75 Å². The van der Waals surface area contributed by atoms with Crippen molar-refractivity contribution in [3.05, 3.63) is 35.4 Å². The molecule has 2 rings (SSSR count). The van der Waals surface area contributed by atoms with Crippen LogP contribution in [0.25, 0.3) is 11.3 Å². The molecule has 7 nitrogen and oxygen atoms in total. The van der Waals surface area contributed by atoms with E-state index in [4.69, 9.17) is 22.2 Å². The number of aliphatic hydroxyl groups is 1. The summed E-state index contributed by atoms with van der Waals surface area (Å²) in [4.78, 5) is 0. The van der Waals surface area contributed by atoms with Crippen LogP contribution in [0.1, 0.15) is 20.8 Å². The number of nitrogen functional groups attached to an aromatic ring is 1. The maximum atomic E-state index is 10.0. The van der Waals surface area contributed by atoms with Crippen molar-refractivity contribution in [2.45, 2.75) is 32.4 Å². The van der Waals surface area contributed by atoms with Gasteiger partial charge < -0.3 is 20.6 Å². The van der Waals surface area contributed by atoms with Crippen LogP contribution in [-0.4, -0.2) is 40.1 Å². The lowest BCUT2D eigenvalue weighted by molar-refractivity contribution is 0.100. The highest BCUT2D eigenvalue weighted by Crippen LogP contribution is 2.30. The van der Waals surface area contributed by atoms with Gasteiger partial charge in [0, 0.05) is 17.6 Å². The first-order chi connectivity index (χ1) is 11.8. The van der Waals surface area contributed by atoms with E-state index in [9.17, 15) is 5.11 Å². The molecular weight excluding hydrogens is 342 g/mol. The number of ether oxygens (including phenoxy) is 1. The lowest BCUT2D eigenvalue weighted by atomic mass is 10.1. The van der Waals surface area contributed by atoms with Crippen LogP contribution in [0.15, 0.2) is 30.3 Å². The van der Waals surface area contributed by atoms with Gasteiger partial charge in [-0.25, -0.2) is 5.84 Å². The number of nitrogens with two attached hydrogens (primary N) is 1. The van der Waals surface area contributed by atoms with E-state index in [1.54, 1.807) is 24.3 Å². The zero-order valence-corrected chi connectivity index (χ0v) is 15.3. The van der Waals surface area contributed by atoms with Crippen molar-refractivity contribution in [1.82, 2.24) is 15.5 Å². The fourth-order valence-electron chi connectivity index (χ4n) is 2.01. The molecule has 0 aliphatic rings. The maximum Gasteiger partial charge on any atom is 0.162 e. The number of β-amino-alcohol motifs (C(OH)–C–C–N with tert-alkyl or cyclic N) is 1. The van der Waals surface area contributed by atoms with Gasteiger partial charge >= 0.3 is 0 Å². The molecule has 8 heteroatoms. The number of hydrogen-bond donors (Lipinski definition) is 4. The summed E-state index contributed by atoms with van der Waals surface area (Å²) in [6.45, 7) is 6.67. The molecule has 0 radical (unpaired) electrons. The molecule has 0 saturated heterocycles. The summed E-state index contributed by atoms with van der Waals surface area (Å²) < 4.78 is 5.67. The Hall–Kier alpha value is -1.93. The first-order valence-corrected chi connectivity index (χ1v) is 8.32. The predicted octanol–water partition coefficient (Wildman–Crippen LogP) is 2.21. The molecule has 1 aromatic heterocycles. The smallest absolute Gasteiger partial charge is 0.162 e. The zero-order chi connectivity index (χ0) is 18.4. The minimum Gasteiger partial charge on any atom is -0.489 e. The molecule has 25 heavy (non-hydrogen) atoms. The lowest BCUT2D eigenvalue weighted by Crippen LogP contribution is -2.42. The first-order valence-electron chi connectivity index (χ1n) is 7.94. The van der Waals surface area contributed by atoms with Gasteiger partial charge in [0.25, 0.3) is 0 Å². The van der Waals surface area contributed by atoms with Crippen molar-refractivity contribution in [3.63, 3.8) is 0 Å². The highest BCUT2D eigenvalue weighted by Gasteiger charge is 2.14. The average molecular weight is 366 g/mol. The molecule has 136 valence electrons. The van der Waals surface area contributed by atoms with Crippen molar-refractivity contribution in [2.24, 2.45) is 5.84 Å². The van der Waals surface area contributed by atoms with Gasteiger partial charge in [0.15, 0.2) is 5.82 Å². The van der Waals surface area contributed by atoms with Gasteiger partial charge in [-0.2, -0.15) is 0 Å². The second-order valence-corrected chi connectivity index (χ2v) is 7.10. The molecule has 1 atom stereocenters. The molecule has 0 aliphatic heterocycles. The van der Waals surface area contributed by atoms with Gasteiger partial charge in [0.2, 0.25) is 0 Å². The minimum atomic E-state index is -0.645. The van der Waals surface area contributed by atoms with Gasteiger partial charge in [0.05, 0.1) is 10.7 Å². The number of anilines is 1. The number of hydrogen-bond acceptors (Lipinski definition) is 7. The number of aromatic nitrogens is 2. The summed E-state index contributed by atoms with van der Waals surface area (Å²) in [5, 5.41) is 21.8. The number of hydrazine groups is 1. The Morgan fingerprint density at radius 1 is 1.24 bits per heavy atom. The Kier molecular flexibility index (Phi) is 6.55. The zero-order valence-electron chi connectivity index (χ0n) is 14.6. The standard InChI is InChI=1S/C17H24ClN5O2/c1-17(2,3)20-9-12(24)10-25-15-8-11(4-5-13(15)18)14-6-7-16(21-19)23-22-14/h4-8,12,20,24H,9-10,19H2,1-3H3,(H,21,23). The highest BCUT2D eigenvalue weighted by atomic mass is 35.5. The SMILES string of the molecule is CC(C)(C)NCC(O)COc1cc(-c2ccc(NN)nn2)ccc1Cl. The number of aliphatic hydroxyl groups excluding tert-OH is 1. The number of nitrogens with zero attached hydrogens (tertiary/aromatic N) is 2. The summed E-state index contributed by atoms with van der Waals surface area (Å²) in [5.41, 5.74) is 3.83. The predicted molar refractivity (Wildman–Crippen MR) is 99.5 cm³/mol. The Balaban J connectivity index is 2.03. The Morgan fingerprint density at radius 2 is 2.00 bits per heavy atom. The van der Waals surface area contributed by atoms with Crippen molar-refractivity contribution in [2.75, 3.05) is 18.6 Å². The number of benzene rings is 1. The summed E-state index contributed by atoms with van der Waals surface area (Å²) in [5.74, 6) is 6.24. The summed E-state index contributed by atoms with van der Waals surface area (Å²) in [6.07, 6.45) is -0.645. The number of halogens is 1. The van der Waals surface area contributed by atoms with Gasteiger partial charge in [-0.05, 0) is 45.0 Å². The largest absolute Gasteiger partial charge is 0.489 e. The molecule has 5 N–H and O–H groups in total. The minimum absolute atomic E-state index is 0.0677. The Morgan fingerprint density at radius 3 is 2.60 bits per heavy atom. The second kappa shape index (κ2) is 8.44. The fourth-order valence-corrected chi connectivity index (χ4v) is 2.18. The molecule has 0 bridgehead atoms. The second-order valence-electron chi connectivity index (χ2n) is 6.69. The maximum absolute atomic E-state index is 10.0. The third kappa shape index (κ3) is 6.13. The fraction of sp³-hybridized carbons (Fsp3) is 0.412. The molecule has 1 unspecified atom stereocenters. The molecular formula is C17H24ClN5O2. The van der Waals surface area contributed by atoms with E-state index in [1.807, 2.05) is 26.8 Å². The van der Waals surface area contributed by atoms with Gasteiger partial charge in [-0.15, -0.1) is 10.2 Å². The van der Waals surface area contributed by atoms with Crippen molar-refractivity contribution < 1.29 is 9.84 Å². The third-order valence-corrected chi connectivity index (χ3v) is 3.65. The van der Waals surface area contributed by atoms with Gasteiger partial charge in [-0.1, -0.05) is 17.7 Å². The Labute approximate surface area is 152 Å². The first kappa shape index (κ1) is 19.4. The molecule has 0 amide bonds. The van der Waals surface area contributed by atoms with Crippen LogP contribution >= 0.6 is 11.6 Å². The molecule has 0 fully saturated rings. The monoisotopic (exact) mass is 365 g/mol. The highest BCUT2D eigenvalue weighted by molar-refractivity contribution is 6.32. The van der Waals surface area contributed by atoms with Crippen LogP contribution in [0, 0.1) is 0 Å². The summed E-state index contributed by atoms with van der Waals surface area (Å²) >= 11 is 6.18. The van der Waals surface area contributed by atoms with E-state index in [1.165, 1.54) is 0 Å². The lowest BCUT2D eigenvalue weighted by Gasteiger charge is -2.23. The Bertz CT molecular complexity index is 688. The van der Waals surface area contributed by atoms with Gasteiger partial charge in [-0.3, -0.25) is 0 Å². The normalized spacial score (nSPS) is 12.7. The van der Waals surface area contributed by atoms with E-state index < -0.39 is 6.10 Å². The quantitative estimate of drug-likeness (QED) is 0.440. The molecule has 1 aromatic carbocycles. The van der Waals surface area contributed by atoms with Crippen LogP contribution < -0.4 is 21.3 Å². The molecule has 0 spiro atoms. The number of rotatable bonds is 7. The van der Waals surface area contributed by atoms with Crippen LogP contribution in [0.4, 0.5) is 5.82 Å². The number of nitrogens with one attached hydrogen (secondary N) is 2. The van der Waals surface area contributed by atoms with Crippen LogP contribution in [-0.2, 0) is 0 Å². The molecule has 1 heterocycles. The van der Waals surface area contributed by atoms with E-state index >= 15 is 0 Å². The van der Waals surface area contributed by atoms with E-state index in [0.29, 0.717) is 28.8 Å². The van der Waals surface area contributed by atoms with Crippen molar-refractivity contribution in [3.8, 4) is 17.0 Å². The topological polar surface area (TPSA) is 105 Å². The molecule has 0 saturated carbocycles. The average Bonchev–Trinajstić information content (AvgIpc) is 2.59. The van der Waals surface area contributed by atoms with E-state index in [-0.39, 0.29) is 12.1 Å². The van der Waals surface area contributed by atoms with Gasteiger partial charge in [0.1, 0.15) is 18.5 Å². The van der Waals surface area contributed by atoms with Crippen molar-refractivity contribution >= 4 is 17.4 Å². The summed E-state index contributed by atoms with van der Waals surface area (Å²) in [7, 11) is 0. The van der Waals surface area contributed by atoms with E-state index in [0.717, 1.165) is 5.56 Å². The van der Waals surface area contributed by atoms with E-state index in [2.05, 4.69) is 20.9 Å². The third-order valence-electron chi connectivity index (χ3n) is 3.34. The molecule has 2 aromatic rings. The summed E-state index contributed by atoms with van der Waals surface area (Å²) in [6, 6.07) is 8.83. The van der Waals surface area contributed by atoms with Crippen LogP contribution in [0.3, 0.4) is 0 Å². The molecule has 0 aliphatic carbocycles. The van der Waals surface area contributed by atoms with Crippen LogP contribution in [0.2, 0.25) is 5.02 Å². The van der Waals surface area contributed by atoms with Crippen molar-refractivity contribution in [1.29, 1.82) is 0 Å².